The van der Waals surface area contributed by atoms with Gasteiger partial charge in [-0.2, -0.15) is 11.6 Å². The van der Waals surface area contributed by atoms with Crippen molar-refractivity contribution < 1.29 is 39.5 Å². The minimum absolute atomic E-state index is 0. The van der Waals surface area contributed by atoms with E-state index in [4.69, 9.17) is 0 Å². The summed E-state index contributed by atoms with van der Waals surface area (Å²) in [5.41, 5.74) is 0.391. The maximum Gasteiger partial charge on any atom is 0.146 e. The van der Waals surface area contributed by atoms with Gasteiger partial charge in [0.2, 0.25) is 0 Å². The molecule has 0 aliphatic carbocycles. The first kappa shape index (κ1) is 9.89. The minimum Gasteiger partial charge on any atom is -0.383 e. The Balaban J connectivity index is 0.000000810. The molecule has 2 amide bonds. The van der Waals surface area contributed by atoms with E-state index in [0.717, 1.165) is 4.90 Å². The summed E-state index contributed by atoms with van der Waals surface area (Å²) < 4.78 is 0. The Morgan fingerprint density at radius 1 is 1.40 bits per heavy atom. The summed E-state index contributed by atoms with van der Waals surface area (Å²) in [5.74, 6) is -0.600. The van der Waals surface area contributed by atoms with Gasteiger partial charge in [0.25, 0.3) is 0 Å². The van der Waals surface area contributed by atoms with E-state index in [-0.39, 0.29) is 41.8 Å². The van der Waals surface area contributed by atoms with E-state index in [1.807, 2.05) is 0 Å². The second-order valence-electron chi connectivity index (χ2n) is 1.92. The van der Waals surface area contributed by atoms with Gasteiger partial charge in [0.15, 0.2) is 0 Å². The largest absolute Gasteiger partial charge is 0.383 e. The molecule has 1 radical (unpaired) electrons. The van der Waals surface area contributed by atoms with Gasteiger partial charge in [-0.25, -0.2) is 0 Å². The van der Waals surface area contributed by atoms with E-state index >= 15 is 0 Å². The van der Waals surface area contributed by atoms with Crippen molar-refractivity contribution in [1.29, 1.82) is 0 Å². The van der Waals surface area contributed by atoms with Crippen molar-refractivity contribution in [2.45, 2.75) is 6.92 Å². The molecule has 0 bridgehead atoms. The van der Waals surface area contributed by atoms with Gasteiger partial charge in [-0.15, -0.1) is 0 Å². The van der Waals surface area contributed by atoms with Gasteiger partial charge in [-0.05, 0) is 7.05 Å². The quantitative estimate of drug-likeness (QED) is 0.440. The van der Waals surface area contributed by atoms with Gasteiger partial charge < -0.3 is 9.69 Å². The van der Waals surface area contributed by atoms with E-state index < -0.39 is 0 Å². The summed E-state index contributed by atoms with van der Waals surface area (Å²) in [7, 11) is 1.44. The van der Waals surface area contributed by atoms with Crippen LogP contribution >= 0.6 is 0 Å². The van der Waals surface area contributed by atoms with Crippen molar-refractivity contribution >= 4 is 11.8 Å². The van der Waals surface area contributed by atoms with E-state index in [9.17, 15) is 9.59 Å². The van der Waals surface area contributed by atoms with Crippen LogP contribution in [0, 0.1) is 36.0 Å². The third-order valence-corrected chi connectivity index (χ3v) is 1.22. The van der Waals surface area contributed by atoms with Crippen molar-refractivity contribution in [3.05, 3.63) is 11.6 Å². The molecule has 0 aromatic carbocycles. The third-order valence-electron chi connectivity index (χ3n) is 1.22. The molecule has 3 nitrogen and oxygen atoms in total. The number of rotatable bonds is 0. The normalized spacial score (nSPS) is 17.0. The maximum absolute atomic E-state index is 10.7. The first-order valence-corrected chi connectivity index (χ1v) is 2.55. The van der Waals surface area contributed by atoms with Gasteiger partial charge in [-0.3, -0.25) is 4.79 Å². The number of nitrogens with zero attached hydrogens (tertiary/aromatic N) is 1. The second-order valence-corrected chi connectivity index (χ2v) is 1.92. The molecule has 10 heavy (non-hydrogen) atoms. The SMILES string of the molecule is CC1=[C-]C(=O)N(C)C1=O.[Np]. The van der Waals surface area contributed by atoms with Crippen molar-refractivity contribution in [1.82, 2.24) is 4.90 Å². The molecule has 0 spiro atoms. The molecule has 0 N–H and O–H groups in total. The predicted molar refractivity (Wildman–Crippen MR) is 30.2 cm³/mol. The summed E-state index contributed by atoms with van der Waals surface area (Å²) >= 11 is 0. The summed E-state index contributed by atoms with van der Waals surface area (Å²) in [5, 5.41) is 0. The fourth-order valence-electron chi connectivity index (χ4n) is 0.642. The summed E-state index contributed by atoms with van der Waals surface area (Å²) in [4.78, 5) is 22.3. The number of amides is 2. The zero-order valence-corrected chi connectivity index (χ0v) is 9.44. The van der Waals surface area contributed by atoms with Crippen LogP contribution in [0.3, 0.4) is 0 Å². The summed E-state index contributed by atoms with van der Waals surface area (Å²) in [6, 6.07) is 0. The summed E-state index contributed by atoms with van der Waals surface area (Å²) in [6.45, 7) is 1.57. The first-order chi connectivity index (χ1) is 4.13. The maximum atomic E-state index is 10.7. The average molecular weight is 361 g/mol. The minimum atomic E-state index is -0.350. The molecule has 53 valence electrons. The third kappa shape index (κ3) is 1.48. The Hall–Kier alpha value is -0.107. The monoisotopic (exact) mass is 360 g/mol. The van der Waals surface area contributed by atoms with Crippen LogP contribution in [0.5, 0.6) is 0 Å². The molecule has 0 saturated carbocycles. The van der Waals surface area contributed by atoms with E-state index in [0.29, 0.717) is 5.57 Å². The Labute approximate surface area is 81.7 Å². The Morgan fingerprint density at radius 3 is 2.00 bits per heavy atom. The molecule has 1 heterocycles. The van der Waals surface area contributed by atoms with Gasteiger partial charge in [0, 0.05) is 29.9 Å². The Kier molecular flexibility index (Phi) is 3.30. The molecule has 0 fully saturated rings. The van der Waals surface area contributed by atoms with E-state index in [1.165, 1.54) is 7.05 Å². The fraction of sp³-hybridized carbons (Fsp3) is 0.333. The molecule has 0 aromatic heterocycles. The molecule has 0 unspecified atom stereocenters. The topological polar surface area (TPSA) is 37.4 Å². The van der Waals surface area contributed by atoms with Crippen LogP contribution in [0.4, 0.5) is 0 Å². The van der Waals surface area contributed by atoms with Crippen LogP contribution in [-0.2, 0) is 9.59 Å². The molecule has 1 aliphatic heterocycles. The van der Waals surface area contributed by atoms with Crippen molar-refractivity contribution in [2.75, 3.05) is 7.05 Å². The van der Waals surface area contributed by atoms with Crippen LogP contribution in [0.15, 0.2) is 5.57 Å². The number of imide groups is 1. The first-order valence-electron chi connectivity index (χ1n) is 2.55. The van der Waals surface area contributed by atoms with E-state index in [2.05, 4.69) is 6.08 Å². The zero-order chi connectivity index (χ0) is 7.02. The van der Waals surface area contributed by atoms with Crippen LogP contribution in [0.25, 0.3) is 0 Å². The van der Waals surface area contributed by atoms with Gasteiger partial charge in [-0.1, -0.05) is 6.92 Å². The second kappa shape index (κ2) is 3.33. The van der Waals surface area contributed by atoms with Gasteiger partial charge in [0.1, 0.15) is 5.91 Å². The Morgan fingerprint density at radius 2 is 1.90 bits per heavy atom. The molecular weight excluding hydrogens is 355 g/mol. The van der Waals surface area contributed by atoms with Crippen LogP contribution in [0.1, 0.15) is 6.92 Å². The van der Waals surface area contributed by atoms with E-state index in [1.54, 1.807) is 6.92 Å². The van der Waals surface area contributed by atoms with Crippen molar-refractivity contribution in [3.8, 4) is 0 Å². The zero-order valence-electron chi connectivity index (χ0n) is 5.71. The van der Waals surface area contributed by atoms with Crippen molar-refractivity contribution in [3.63, 3.8) is 0 Å². The molecule has 1 rings (SSSR count). The van der Waals surface area contributed by atoms with Crippen LogP contribution < -0.4 is 0 Å². The molecule has 1 aliphatic rings. The number of likely N-dealkylation sites (N-methyl/N-ethyl adjacent to an activating group) is 1. The van der Waals surface area contributed by atoms with Crippen molar-refractivity contribution in [2.24, 2.45) is 0 Å². The summed E-state index contributed by atoms with van der Waals surface area (Å²) in [6.07, 6.45) is 2.37. The van der Waals surface area contributed by atoms with Crippen LogP contribution in [-0.4, -0.2) is 23.8 Å². The molecule has 0 aromatic rings. The average Bonchev–Trinajstić information content (AvgIpc) is 1.98. The number of hydrogen-bond donors (Lipinski definition) is 0. The number of carbonyl (C=O) groups excluding carboxylic acids is 2. The standard InChI is InChI=1S/C6H6NO2.Np/c1-4-3-5(8)7(2)6(4)9;/h1-2H3;/q-1;. The Bertz CT molecular complexity index is 210. The fourth-order valence-corrected chi connectivity index (χ4v) is 0.642. The van der Waals surface area contributed by atoms with Gasteiger partial charge >= 0.3 is 0 Å². The molecular formula is C6H6NNpO2-. The smallest absolute Gasteiger partial charge is 0.146 e. The van der Waals surface area contributed by atoms with Gasteiger partial charge in [0.05, 0.1) is 5.91 Å². The molecule has 0 atom stereocenters. The number of hydrogen-bond acceptors (Lipinski definition) is 2. The predicted octanol–water partition coefficient (Wildman–Crippen LogP) is -0.266. The van der Waals surface area contributed by atoms with Crippen LogP contribution in [0.2, 0.25) is 0 Å². The molecule has 0 saturated heterocycles. The number of carbonyl (C=O) groups is 2. The molecule has 4 heteroatoms.